The Labute approximate surface area is 122 Å². The van der Waals surface area contributed by atoms with E-state index < -0.39 is 5.97 Å². The smallest absolute Gasteiger partial charge is 0.243 e. The molecule has 1 aromatic rings. The van der Waals surface area contributed by atoms with Crippen LogP contribution in [0.4, 0.5) is 0 Å². The summed E-state index contributed by atoms with van der Waals surface area (Å²) in [5.41, 5.74) is 0. The summed E-state index contributed by atoms with van der Waals surface area (Å²) in [4.78, 5) is 10.2. The number of carbonyl (C=O) groups excluding carboxylic acids is 1. The van der Waals surface area contributed by atoms with E-state index in [0.29, 0.717) is 0 Å². The van der Waals surface area contributed by atoms with Crippen LogP contribution >= 0.6 is 0 Å². The number of hydrogen-bond donors (Lipinski definition) is 0. The SMILES string of the molecule is CCn1cc[n+](CCCCCCCCCCC(=O)[O-])c1. The Bertz CT molecular complexity index is 374. The Morgan fingerprint density at radius 3 is 2.20 bits per heavy atom. The molecule has 114 valence electrons. The molecule has 0 amide bonds. The highest BCUT2D eigenvalue weighted by atomic mass is 16.4. The Balaban J connectivity index is 1.86. The molecule has 0 saturated carbocycles. The van der Waals surface area contributed by atoms with Crippen molar-refractivity contribution in [3.63, 3.8) is 0 Å². The third-order valence-electron chi connectivity index (χ3n) is 3.66. The second-order valence-corrected chi connectivity index (χ2v) is 5.43. The van der Waals surface area contributed by atoms with E-state index in [4.69, 9.17) is 0 Å². The molecule has 0 bridgehead atoms. The highest BCUT2D eigenvalue weighted by molar-refractivity contribution is 5.63. The fourth-order valence-electron chi connectivity index (χ4n) is 2.38. The molecule has 0 aliphatic rings. The third kappa shape index (κ3) is 7.97. The number of imidazole rings is 1. The van der Waals surface area contributed by atoms with Crippen LogP contribution in [0.2, 0.25) is 0 Å². The molecule has 0 spiro atoms. The number of carboxylic acids is 1. The van der Waals surface area contributed by atoms with Gasteiger partial charge in [-0.05, 0) is 32.6 Å². The van der Waals surface area contributed by atoms with Gasteiger partial charge < -0.3 is 9.90 Å². The zero-order valence-corrected chi connectivity index (χ0v) is 12.7. The Morgan fingerprint density at radius 1 is 1.05 bits per heavy atom. The van der Waals surface area contributed by atoms with E-state index in [2.05, 4.69) is 34.8 Å². The van der Waals surface area contributed by atoms with E-state index in [-0.39, 0.29) is 6.42 Å². The largest absolute Gasteiger partial charge is 0.550 e. The summed E-state index contributed by atoms with van der Waals surface area (Å²) in [5, 5.41) is 10.2. The number of aliphatic carboxylic acids is 1. The summed E-state index contributed by atoms with van der Waals surface area (Å²) < 4.78 is 4.44. The zero-order chi connectivity index (χ0) is 14.6. The second-order valence-electron chi connectivity index (χ2n) is 5.43. The first-order chi connectivity index (χ1) is 9.72. The molecule has 0 atom stereocenters. The van der Waals surface area contributed by atoms with Gasteiger partial charge in [0.05, 0.1) is 13.1 Å². The summed E-state index contributed by atoms with van der Waals surface area (Å²) in [6, 6.07) is 0. The summed E-state index contributed by atoms with van der Waals surface area (Å²) in [5.74, 6) is -0.917. The van der Waals surface area contributed by atoms with Crippen molar-refractivity contribution in [3.05, 3.63) is 18.7 Å². The monoisotopic (exact) mass is 280 g/mol. The van der Waals surface area contributed by atoms with Crippen LogP contribution in [-0.4, -0.2) is 10.5 Å². The van der Waals surface area contributed by atoms with Crippen LogP contribution in [0.3, 0.4) is 0 Å². The zero-order valence-electron chi connectivity index (χ0n) is 12.7. The molecule has 0 aliphatic carbocycles. The van der Waals surface area contributed by atoms with E-state index in [0.717, 1.165) is 32.4 Å². The van der Waals surface area contributed by atoms with Gasteiger partial charge in [-0.15, -0.1) is 0 Å². The third-order valence-corrected chi connectivity index (χ3v) is 3.66. The van der Waals surface area contributed by atoms with E-state index >= 15 is 0 Å². The number of carboxylic acid groups (broad SMARTS) is 1. The molecule has 0 N–H and O–H groups in total. The number of hydrogen-bond acceptors (Lipinski definition) is 2. The predicted octanol–water partition coefficient (Wildman–Crippen LogP) is 2.06. The Morgan fingerprint density at radius 2 is 1.65 bits per heavy atom. The molecule has 0 saturated heterocycles. The van der Waals surface area contributed by atoms with Crippen molar-refractivity contribution in [2.45, 2.75) is 77.8 Å². The number of rotatable bonds is 12. The molecule has 20 heavy (non-hydrogen) atoms. The fraction of sp³-hybridized carbons (Fsp3) is 0.750. The summed E-state index contributed by atoms with van der Waals surface area (Å²) in [6.07, 6.45) is 15.9. The molecule has 0 aromatic carbocycles. The molecule has 0 unspecified atom stereocenters. The van der Waals surface area contributed by atoms with Crippen LogP contribution < -0.4 is 9.67 Å². The number of aryl methyl sites for hydroxylation is 2. The van der Waals surface area contributed by atoms with E-state index in [1.54, 1.807) is 0 Å². The lowest BCUT2D eigenvalue weighted by Gasteiger charge is -2.02. The van der Waals surface area contributed by atoms with Crippen molar-refractivity contribution in [1.29, 1.82) is 0 Å². The average Bonchev–Trinajstić information content (AvgIpc) is 2.88. The fourth-order valence-corrected chi connectivity index (χ4v) is 2.38. The Hall–Kier alpha value is -1.32. The summed E-state index contributed by atoms with van der Waals surface area (Å²) in [6.45, 7) is 4.29. The van der Waals surface area contributed by atoms with Crippen molar-refractivity contribution in [2.24, 2.45) is 0 Å². The molecular weight excluding hydrogens is 252 g/mol. The molecule has 1 aromatic heterocycles. The molecule has 0 aliphatic heterocycles. The van der Waals surface area contributed by atoms with Crippen molar-refractivity contribution < 1.29 is 14.5 Å². The lowest BCUT2D eigenvalue weighted by molar-refractivity contribution is -0.696. The lowest BCUT2D eigenvalue weighted by atomic mass is 10.1. The normalized spacial score (nSPS) is 10.8. The van der Waals surface area contributed by atoms with Gasteiger partial charge in [0, 0.05) is 5.97 Å². The van der Waals surface area contributed by atoms with E-state index in [1.165, 1.54) is 32.1 Å². The van der Waals surface area contributed by atoms with E-state index in [1.807, 2.05) is 0 Å². The van der Waals surface area contributed by atoms with Gasteiger partial charge in [0.15, 0.2) is 0 Å². The van der Waals surface area contributed by atoms with Crippen LogP contribution in [0.25, 0.3) is 0 Å². The topological polar surface area (TPSA) is 48.9 Å². The maximum absolute atomic E-state index is 10.2. The van der Waals surface area contributed by atoms with Gasteiger partial charge >= 0.3 is 0 Å². The van der Waals surface area contributed by atoms with Gasteiger partial charge in [0.2, 0.25) is 6.33 Å². The summed E-state index contributed by atoms with van der Waals surface area (Å²) in [7, 11) is 0. The minimum atomic E-state index is -0.917. The van der Waals surface area contributed by atoms with Crippen molar-refractivity contribution in [3.8, 4) is 0 Å². The molecule has 1 rings (SSSR count). The maximum atomic E-state index is 10.2. The molecule has 0 radical (unpaired) electrons. The quantitative estimate of drug-likeness (QED) is 0.434. The van der Waals surface area contributed by atoms with Crippen LogP contribution in [0.1, 0.15) is 64.7 Å². The first kappa shape index (κ1) is 16.7. The van der Waals surface area contributed by atoms with E-state index in [9.17, 15) is 9.90 Å². The van der Waals surface area contributed by atoms with Crippen LogP contribution in [0.15, 0.2) is 18.7 Å². The number of aromatic nitrogens is 2. The average molecular weight is 280 g/mol. The van der Waals surface area contributed by atoms with Crippen molar-refractivity contribution >= 4 is 5.97 Å². The Kier molecular flexibility index (Phi) is 8.76. The number of carbonyl (C=O) groups is 1. The summed E-state index contributed by atoms with van der Waals surface area (Å²) >= 11 is 0. The van der Waals surface area contributed by atoms with Crippen LogP contribution in [0, 0.1) is 0 Å². The first-order valence-electron chi connectivity index (χ1n) is 7.97. The minimum Gasteiger partial charge on any atom is -0.550 e. The molecule has 0 fully saturated rings. The van der Waals surface area contributed by atoms with Crippen molar-refractivity contribution in [2.75, 3.05) is 0 Å². The standard InChI is InChI=1S/C16H28N2O2/c1-2-17-13-14-18(15-17)12-10-8-6-4-3-5-7-9-11-16(19)20/h13-15H,2-12H2,1H3. The number of nitrogens with zero attached hydrogens (tertiary/aromatic N) is 2. The van der Waals surface area contributed by atoms with Crippen LogP contribution in [-0.2, 0) is 17.9 Å². The minimum absolute atomic E-state index is 0.217. The highest BCUT2D eigenvalue weighted by Gasteiger charge is 2.00. The molecule has 4 heteroatoms. The lowest BCUT2D eigenvalue weighted by Crippen LogP contribution is -2.30. The maximum Gasteiger partial charge on any atom is 0.243 e. The van der Waals surface area contributed by atoms with Crippen LogP contribution in [0.5, 0.6) is 0 Å². The van der Waals surface area contributed by atoms with Gasteiger partial charge in [-0.1, -0.05) is 32.1 Å². The van der Waals surface area contributed by atoms with Gasteiger partial charge in [-0.3, -0.25) is 0 Å². The highest BCUT2D eigenvalue weighted by Crippen LogP contribution is 2.09. The second kappa shape index (κ2) is 10.5. The van der Waals surface area contributed by atoms with Gasteiger partial charge in [-0.25, -0.2) is 9.13 Å². The number of unbranched alkanes of at least 4 members (excludes halogenated alkanes) is 7. The molecular formula is C16H28N2O2. The predicted molar refractivity (Wildman–Crippen MR) is 76.9 cm³/mol. The van der Waals surface area contributed by atoms with Gasteiger partial charge in [-0.2, -0.15) is 0 Å². The van der Waals surface area contributed by atoms with Gasteiger partial charge in [0.1, 0.15) is 12.4 Å². The van der Waals surface area contributed by atoms with Gasteiger partial charge in [0.25, 0.3) is 0 Å². The first-order valence-corrected chi connectivity index (χ1v) is 7.97. The molecule has 4 nitrogen and oxygen atoms in total. The molecule has 1 heterocycles. The van der Waals surface area contributed by atoms with Crippen molar-refractivity contribution in [1.82, 2.24) is 4.57 Å².